The lowest BCUT2D eigenvalue weighted by Gasteiger charge is -2.15. The van der Waals surface area contributed by atoms with Crippen LogP contribution in [0.1, 0.15) is 20.3 Å². The third-order valence-corrected chi connectivity index (χ3v) is 2.97. The first-order chi connectivity index (χ1) is 9.62. The van der Waals surface area contributed by atoms with E-state index in [-0.39, 0.29) is 23.4 Å². The summed E-state index contributed by atoms with van der Waals surface area (Å²) in [5, 5.41) is 2.84. The number of anilines is 1. The summed E-state index contributed by atoms with van der Waals surface area (Å²) in [4.78, 5) is 23.0. The summed E-state index contributed by atoms with van der Waals surface area (Å²) in [6.45, 7) is 4.67. The van der Waals surface area contributed by atoms with E-state index in [4.69, 9.17) is 9.47 Å². The van der Waals surface area contributed by atoms with E-state index in [0.29, 0.717) is 30.4 Å². The second-order valence-electron chi connectivity index (χ2n) is 3.90. The molecule has 0 saturated carbocycles. The predicted octanol–water partition coefficient (Wildman–Crippen LogP) is 2.78. The molecule has 1 amide bonds. The lowest BCUT2D eigenvalue weighted by atomic mass is 10.2. The van der Waals surface area contributed by atoms with Crippen LogP contribution in [0.4, 0.5) is 5.69 Å². The lowest BCUT2D eigenvalue weighted by molar-refractivity contribution is -0.123. The number of carbonyl (C=O) groups is 2. The highest BCUT2D eigenvalue weighted by molar-refractivity contribution is 9.09. The van der Waals surface area contributed by atoms with E-state index >= 15 is 0 Å². The molecule has 1 aromatic rings. The molecule has 6 heteroatoms. The molecule has 0 spiro atoms. The number of alkyl halides is 1. The van der Waals surface area contributed by atoms with E-state index in [1.165, 1.54) is 0 Å². The number of benzene rings is 1. The first-order valence-corrected chi connectivity index (χ1v) is 7.50. The number of nitrogens with one attached hydrogen (secondary N) is 1. The minimum absolute atomic E-state index is 0.164. The van der Waals surface area contributed by atoms with Crippen molar-refractivity contribution in [2.45, 2.75) is 20.3 Å². The fourth-order valence-electron chi connectivity index (χ4n) is 1.60. The maximum Gasteiger partial charge on any atom is 0.231 e. The summed E-state index contributed by atoms with van der Waals surface area (Å²) in [6, 6.07) is 5.24. The molecule has 0 aliphatic heterocycles. The van der Waals surface area contributed by atoms with Crippen LogP contribution in [0.25, 0.3) is 0 Å². The van der Waals surface area contributed by atoms with Crippen LogP contribution in [0.15, 0.2) is 18.2 Å². The molecule has 1 aromatic carbocycles. The van der Waals surface area contributed by atoms with Gasteiger partial charge in [0.1, 0.15) is 0 Å². The third kappa shape index (κ3) is 4.85. The van der Waals surface area contributed by atoms with Crippen LogP contribution in [-0.4, -0.2) is 30.2 Å². The number of para-hydroxylation sites is 1. The van der Waals surface area contributed by atoms with Crippen LogP contribution in [0.2, 0.25) is 0 Å². The van der Waals surface area contributed by atoms with Crippen LogP contribution in [0.5, 0.6) is 11.5 Å². The van der Waals surface area contributed by atoms with Crippen molar-refractivity contribution in [3.63, 3.8) is 0 Å². The average Bonchev–Trinajstić information content (AvgIpc) is 2.42. The van der Waals surface area contributed by atoms with Gasteiger partial charge in [-0.2, -0.15) is 0 Å². The standard InChI is InChI=1S/C14H18BrNO4/c1-3-19-12-7-5-6-11(14(12)20-4-2)16-13(18)8-10(17)9-15/h5-7H,3-4,8-9H2,1-2H3,(H,16,18). The fraction of sp³-hybridized carbons (Fsp3) is 0.429. The number of hydrogen-bond donors (Lipinski definition) is 1. The molecule has 0 heterocycles. The summed E-state index contributed by atoms with van der Waals surface area (Å²) >= 11 is 3.03. The maximum absolute atomic E-state index is 11.8. The molecular formula is C14H18BrNO4. The molecule has 1 N–H and O–H groups in total. The Labute approximate surface area is 126 Å². The van der Waals surface area contributed by atoms with Crippen molar-refractivity contribution in [3.8, 4) is 11.5 Å². The van der Waals surface area contributed by atoms with Gasteiger partial charge in [-0.05, 0) is 26.0 Å². The molecule has 0 aromatic heterocycles. The predicted molar refractivity (Wildman–Crippen MR) is 80.8 cm³/mol. The van der Waals surface area contributed by atoms with Crippen LogP contribution >= 0.6 is 15.9 Å². The van der Waals surface area contributed by atoms with Crippen molar-refractivity contribution in [3.05, 3.63) is 18.2 Å². The van der Waals surface area contributed by atoms with Gasteiger partial charge in [-0.3, -0.25) is 9.59 Å². The van der Waals surface area contributed by atoms with Gasteiger partial charge in [0.2, 0.25) is 5.91 Å². The first kappa shape index (κ1) is 16.5. The van der Waals surface area contributed by atoms with E-state index in [9.17, 15) is 9.59 Å². The number of ketones is 1. The number of ether oxygens (including phenoxy) is 2. The third-order valence-electron chi connectivity index (χ3n) is 2.35. The Kier molecular flexibility index (Phi) is 7.08. The molecule has 1 rings (SSSR count). The largest absolute Gasteiger partial charge is 0.490 e. The van der Waals surface area contributed by atoms with Gasteiger partial charge < -0.3 is 14.8 Å². The van der Waals surface area contributed by atoms with Crippen LogP contribution in [0.3, 0.4) is 0 Å². The summed E-state index contributed by atoms with van der Waals surface area (Å²) in [5.41, 5.74) is 0.505. The van der Waals surface area contributed by atoms with E-state index < -0.39 is 0 Å². The monoisotopic (exact) mass is 343 g/mol. The first-order valence-electron chi connectivity index (χ1n) is 6.38. The lowest BCUT2D eigenvalue weighted by Crippen LogP contribution is -2.17. The van der Waals surface area contributed by atoms with Crippen molar-refractivity contribution < 1.29 is 19.1 Å². The number of hydrogen-bond acceptors (Lipinski definition) is 4. The van der Waals surface area contributed by atoms with Gasteiger partial charge in [-0.15, -0.1) is 0 Å². The Morgan fingerprint density at radius 3 is 2.50 bits per heavy atom. The molecule has 0 fully saturated rings. The summed E-state index contributed by atoms with van der Waals surface area (Å²) in [7, 11) is 0. The smallest absolute Gasteiger partial charge is 0.231 e. The summed E-state index contributed by atoms with van der Waals surface area (Å²) < 4.78 is 11.0. The number of rotatable bonds is 8. The van der Waals surface area contributed by atoms with Gasteiger partial charge in [-0.1, -0.05) is 22.0 Å². The minimum atomic E-state index is -0.371. The molecule has 110 valence electrons. The molecule has 0 aliphatic rings. The van der Waals surface area contributed by atoms with Gasteiger partial charge in [0.25, 0.3) is 0 Å². The quantitative estimate of drug-likeness (QED) is 0.582. The van der Waals surface area contributed by atoms with Gasteiger partial charge >= 0.3 is 0 Å². The Bertz CT molecular complexity index is 476. The normalized spacial score (nSPS) is 9.95. The van der Waals surface area contributed by atoms with Gasteiger partial charge in [-0.25, -0.2) is 0 Å². The van der Waals surface area contributed by atoms with E-state index in [2.05, 4.69) is 21.2 Å². The molecule has 0 radical (unpaired) electrons. The van der Waals surface area contributed by atoms with E-state index in [1.54, 1.807) is 18.2 Å². The molecule has 0 atom stereocenters. The van der Waals surface area contributed by atoms with Crippen molar-refractivity contribution in [2.24, 2.45) is 0 Å². The van der Waals surface area contributed by atoms with Crippen molar-refractivity contribution >= 4 is 33.3 Å². The molecule has 0 unspecified atom stereocenters. The van der Waals surface area contributed by atoms with Gasteiger partial charge in [0.15, 0.2) is 17.3 Å². The van der Waals surface area contributed by atoms with Crippen LogP contribution in [-0.2, 0) is 9.59 Å². The number of carbonyl (C=O) groups excluding carboxylic acids is 2. The highest BCUT2D eigenvalue weighted by Crippen LogP contribution is 2.35. The average molecular weight is 344 g/mol. The Morgan fingerprint density at radius 2 is 1.90 bits per heavy atom. The summed E-state index contributed by atoms with van der Waals surface area (Å²) in [6.07, 6.45) is -0.171. The molecule has 5 nitrogen and oxygen atoms in total. The fourth-order valence-corrected chi connectivity index (χ4v) is 1.80. The number of amides is 1. The second-order valence-corrected chi connectivity index (χ2v) is 4.46. The van der Waals surface area contributed by atoms with Crippen LogP contribution < -0.4 is 14.8 Å². The van der Waals surface area contributed by atoms with Gasteiger partial charge in [0.05, 0.1) is 30.7 Å². The molecular weight excluding hydrogens is 326 g/mol. The van der Waals surface area contributed by atoms with Crippen molar-refractivity contribution in [2.75, 3.05) is 23.9 Å². The molecule has 0 aliphatic carbocycles. The highest BCUT2D eigenvalue weighted by Gasteiger charge is 2.14. The Balaban J connectivity index is 2.90. The van der Waals surface area contributed by atoms with Gasteiger partial charge in [0, 0.05) is 0 Å². The van der Waals surface area contributed by atoms with E-state index in [1.807, 2.05) is 13.8 Å². The topological polar surface area (TPSA) is 64.6 Å². The van der Waals surface area contributed by atoms with Crippen molar-refractivity contribution in [1.82, 2.24) is 0 Å². The molecule has 0 bridgehead atoms. The minimum Gasteiger partial charge on any atom is -0.490 e. The maximum atomic E-state index is 11.8. The second kappa shape index (κ2) is 8.58. The molecule has 0 saturated heterocycles. The SMILES string of the molecule is CCOc1cccc(NC(=O)CC(=O)CBr)c1OCC. The zero-order chi connectivity index (χ0) is 15.0. The van der Waals surface area contributed by atoms with Crippen LogP contribution in [0, 0.1) is 0 Å². The zero-order valence-electron chi connectivity index (χ0n) is 11.6. The zero-order valence-corrected chi connectivity index (χ0v) is 13.2. The Morgan fingerprint density at radius 1 is 1.20 bits per heavy atom. The van der Waals surface area contributed by atoms with Crippen molar-refractivity contribution in [1.29, 1.82) is 0 Å². The van der Waals surface area contributed by atoms with E-state index in [0.717, 1.165) is 0 Å². The number of halogens is 1. The highest BCUT2D eigenvalue weighted by atomic mass is 79.9. The summed E-state index contributed by atoms with van der Waals surface area (Å²) in [5.74, 6) is 0.501. The molecule has 20 heavy (non-hydrogen) atoms. The Hall–Kier alpha value is -1.56. The number of Topliss-reactive ketones (excluding diaryl/α,β-unsaturated/α-hetero) is 1.